The highest BCUT2D eigenvalue weighted by molar-refractivity contribution is 7.14. The molecular weight excluding hydrogens is 413 g/mol. The van der Waals surface area contributed by atoms with Gasteiger partial charge in [0.25, 0.3) is 5.69 Å². The lowest BCUT2D eigenvalue weighted by Crippen LogP contribution is -2.20. The molecule has 2 heterocycles. The molecule has 2 aromatic carbocycles. The van der Waals surface area contributed by atoms with E-state index in [1.165, 1.54) is 41.7 Å². The third-order valence-corrected chi connectivity index (χ3v) is 4.68. The van der Waals surface area contributed by atoms with Crippen molar-refractivity contribution in [2.24, 2.45) is 0 Å². The second-order valence-corrected chi connectivity index (χ2v) is 6.91. The summed E-state index contributed by atoms with van der Waals surface area (Å²) < 4.78 is 13.3. The van der Waals surface area contributed by atoms with Crippen molar-refractivity contribution in [3.8, 4) is 22.6 Å². The largest absolute Gasteiger partial charge is 0.300 e. The molecule has 10 nitrogen and oxygen atoms in total. The standard InChI is InChI=1S/C18H12FN7O3S/c19-13-5-1-4-12(7-13)17-22-24-25(23-17)9-16(27)21-18-20-15(10-30-18)11-3-2-6-14(8-11)26(28)29/h1-8,10H,9H2,(H,20,21,27). The molecule has 1 N–H and O–H groups in total. The molecule has 4 aromatic rings. The Morgan fingerprint density at radius 3 is 2.80 bits per heavy atom. The van der Waals surface area contributed by atoms with E-state index in [4.69, 9.17) is 0 Å². The molecular formula is C18H12FN7O3S. The number of nitro groups is 1. The fourth-order valence-corrected chi connectivity index (χ4v) is 3.32. The number of nitrogens with one attached hydrogen (secondary N) is 1. The van der Waals surface area contributed by atoms with Gasteiger partial charge in [-0.15, -0.1) is 21.5 Å². The van der Waals surface area contributed by atoms with Crippen LogP contribution in [0, 0.1) is 15.9 Å². The molecule has 0 bridgehead atoms. The second kappa shape index (κ2) is 8.13. The number of non-ortho nitro benzene ring substituents is 1. The monoisotopic (exact) mass is 425 g/mol. The number of halogens is 1. The van der Waals surface area contributed by atoms with Gasteiger partial charge in [-0.1, -0.05) is 24.3 Å². The summed E-state index contributed by atoms with van der Waals surface area (Å²) in [5.41, 5.74) is 1.48. The van der Waals surface area contributed by atoms with E-state index in [1.807, 2.05) is 0 Å². The molecule has 0 fully saturated rings. The summed E-state index contributed by atoms with van der Waals surface area (Å²) in [6, 6.07) is 11.8. The lowest BCUT2D eigenvalue weighted by atomic mass is 10.1. The fourth-order valence-electron chi connectivity index (χ4n) is 2.58. The van der Waals surface area contributed by atoms with E-state index in [0.29, 0.717) is 22.0 Å². The predicted octanol–water partition coefficient (Wildman–Crippen LogP) is 3.15. The Bertz CT molecular complexity index is 1240. The molecule has 150 valence electrons. The zero-order valence-electron chi connectivity index (χ0n) is 15.1. The predicted molar refractivity (Wildman–Crippen MR) is 106 cm³/mol. The van der Waals surface area contributed by atoms with Crippen LogP contribution in [0.1, 0.15) is 0 Å². The molecule has 12 heteroatoms. The van der Waals surface area contributed by atoms with Gasteiger partial charge in [-0.2, -0.15) is 4.80 Å². The SMILES string of the molecule is O=C(Cn1nnc(-c2cccc(F)c2)n1)Nc1nc(-c2cccc([N+](=O)[O-])c2)cs1. The fraction of sp³-hybridized carbons (Fsp3) is 0.0556. The van der Waals surface area contributed by atoms with Crippen molar-refractivity contribution < 1.29 is 14.1 Å². The van der Waals surface area contributed by atoms with E-state index in [0.717, 1.165) is 4.80 Å². The number of carbonyl (C=O) groups excluding carboxylic acids is 1. The molecule has 0 aliphatic heterocycles. The van der Waals surface area contributed by atoms with Gasteiger partial charge in [0.05, 0.1) is 10.6 Å². The molecule has 0 spiro atoms. The third kappa shape index (κ3) is 4.33. The first-order chi connectivity index (χ1) is 14.5. The first-order valence-corrected chi connectivity index (χ1v) is 9.40. The van der Waals surface area contributed by atoms with Gasteiger partial charge in [0.15, 0.2) is 5.13 Å². The number of tetrazole rings is 1. The highest BCUT2D eigenvalue weighted by Gasteiger charge is 2.13. The summed E-state index contributed by atoms with van der Waals surface area (Å²) in [5.74, 6) is -0.660. The zero-order chi connectivity index (χ0) is 21.1. The molecule has 2 aromatic heterocycles. The van der Waals surface area contributed by atoms with Crippen LogP contribution in [0.15, 0.2) is 53.9 Å². The number of carbonyl (C=O) groups is 1. The van der Waals surface area contributed by atoms with Crippen LogP contribution in [0.2, 0.25) is 0 Å². The Labute approximate surface area is 172 Å². The van der Waals surface area contributed by atoms with E-state index in [1.54, 1.807) is 23.6 Å². The maximum atomic E-state index is 13.3. The van der Waals surface area contributed by atoms with E-state index in [-0.39, 0.29) is 18.1 Å². The number of aromatic nitrogens is 5. The van der Waals surface area contributed by atoms with E-state index < -0.39 is 16.6 Å². The van der Waals surface area contributed by atoms with Crippen molar-refractivity contribution in [1.29, 1.82) is 0 Å². The van der Waals surface area contributed by atoms with Gasteiger partial charge in [-0.05, 0) is 17.3 Å². The van der Waals surface area contributed by atoms with E-state index in [2.05, 4.69) is 25.7 Å². The lowest BCUT2D eigenvalue weighted by molar-refractivity contribution is -0.384. The van der Waals surface area contributed by atoms with Crippen molar-refractivity contribution in [3.63, 3.8) is 0 Å². The number of thiazole rings is 1. The Hall–Kier alpha value is -4.06. The van der Waals surface area contributed by atoms with Crippen LogP contribution in [-0.2, 0) is 11.3 Å². The van der Waals surface area contributed by atoms with Crippen LogP contribution < -0.4 is 5.32 Å². The number of hydrogen-bond donors (Lipinski definition) is 1. The minimum absolute atomic E-state index is 0.0440. The summed E-state index contributed by atoms with van der Waals surface area (Å²) in [6.07, 6.45) is 0. The van der Waals surface area contributed by atoms with Crippen LogP contribution in [-0.4, -0.2) is 36.0 Å². The number of nitrogens with zero attached hydrogens (tertiary/aromatic N) is 6. The topological polar surface area (TPSA) is 129 Å². The minimum Gasteiger partial charge on any atom is -0.300 e. The summed E-state index contributed by atoms with van der Waals surface area (Å²) in [6.45, 7) is -0.214. The normalized spacial score (nSPS) is 10.7. The van der Waals surface area contributed by atoms with E-state index in [9.17, 15) is 19.3 Å². The number of hydrogen-bond acceptors (Lipinski definition) is 8. The average molecular weight is 425 g/mol. The number of anilines is 1. The van der Waals surface area contributed by atoms with Gasteiger partial charge in [0, 0.05) is 28.6 Å². The molecule has 0 saturated carbocycles. The summed E-state index contributed by atoms with van der Waals surface area (Å²) in [7, 11) is 0. The Morgan fingerprint density at radius 2 is 2.00 bits per heavy atom. The summed E-state index contributed by atoms with van der Waals surface area (Å²) in [5, 5.41) is 27.2. The molecule has 0 unspecified atom stereocenters. The Morgan fingerprint density at radius 1 is 1.20 bits per heavy atom. The van der Waals surface area contributed by atoms with Crippen molar-refractivity contribution in [3.05, 3.63) is 69.8 Å². The van der Waals surface area contributed by atoms with E-state index >= 15 is 0 Å². The van der Waals surface area contributed by atoms with Crippen LogP contribution in [0.4, 0.5) is 15.2 Å². The highest BCUT2D eigenvalue weighted by Crippen LogP contribution is 2.27. The first kappa shape index (κ1) is 19.3. The highest BCUT2D eigenvalue weighted by atomic mass is 32.1. The maximum Gasteiger partial charge on any atom is 0.270 e. The number of nitro benzene ring substituents is 1. The number of benzene rings is 2. The lowest BCUT2D eigenvalue weighted by Gasteiger charge is -2.00. The van der Waals surface area contributed by atoms with Crippen molar-refractivity contribution in [2.45, 2.75) is 6.54 Å². The molecule has 0 radical (unpaired) electrons. The van der Waals surface area contributed by atoms with Crippen LogP contribution >= 0.6 is 11.3 Å². The second-order valence-electron chi connectivity index (χ2n) is 6.05. The van der Waals surface area contributed by atoms with Crippen LogP contribution in [0.3, 0.4) is 0 Å². The van der Waals surface area contributed by atoms with Gasteiger partial charge < -0.3 is 5.32 Å². The number of rotatable bonds is 6. The molecule has 4 rings (SSSR count). The van der Waals surface area contributed by atoms with Gasteiger partial charge in [-0.25, -0.2) is 9.37 Å². The minimum atomic E-state index is -0.484. The zero-order valence-corrected chi connectivity index (χ0v) is 15.9. The molecule has 0 aliphatic rings. The van der Waals surface area contributed by atoms with Crippen LogP contribution in [0.25, 0.3) is 22.6 Å². The molecule has 0 atom stereocenters. The smallest absolute Gasteiger partial charge is 0.270 e. The number of amides is 1. The van der Waals surface area contributed by atoms with Gasteiger partial charge in [0.1, 0.15) is 12.4 Å². The Balaban J connectivity index is 1.42. The van der Waals surface area contributed by atoms with Crippen LogP contribution in [0.5, 0.6) is 0 Å². The summed E-state index contributed by atoms with van der Waals surface area (Å²) >= 11 is 1.18. The molecule has 1 amide bonds. The Kier molecular flexibility index (Phi) is 5.22. The molecule has 0 saturated heterocycles. The average Bonchev–Trinajstić information content (AvgIpc) is 3.38. The van der Waals surface area contributed by atoms with Crippen molar-refractivity contribution in [1.82, 2.24) is 25.2 Å². The maximum absolute atomic E-state index is 13.3. The van der Waals surface area contributed by atoms with Crippen molar-refractivity contribution >= 4 is 28.1 Å². The third-order valence-electron chi connectivity index (χ3n) is 3.92. The summed E-state index contributed by atoms with van der Waals surface area (Å²) in [4.78, 5) is 28.0. The quantitative estimate of drug-likeness (QED) is 0.371. The molecule has 30 heavy (non-hydrogen) atoms. The van der Waals surface area contributed by atoms with Gasteiger partial charge in [-0.3, -0.25) is 14.9 Å². The van der Waals surface area contributed by atoms with Gasteiger partial charge >= 0.3 is 0 Å². The molecule has 0 aliphatic carbocycles. The van der Waals surface area contributed by atoms with Crippen molar-refractivity contribution in [2.75, 3.05) is 5.32 Å². The van der Waals surface area contributed by atoms with Gasteiger partial charge in [0.2, 0.25) is 11.7 Å². The first-order valence-electron chi connectivity index (χ1n) is 8.52.